The monoisotopic (exact) mass is 266 g/mol. The minimum atomic E-state index is -0.00959. The molecule has 0 radical (unpaired) electrons. The summed E-state index contributed by atoms with van der Waals surface area (Å²) in [7, 11) is 0. The summed E-state index contributed by atoms with van der Waals surface area (Å²) in [6.45, 7) is 16.2. The van der Waals surface area contributed by atoms with Gasteiger partial charge in [0.1, 0.15) is 5.82 Å². The van der Waals surface area contributed by atoms with Crippen molar-refractivity contribution in [2.75, 3.05) is 11.1 Å². The maximum Gasteiger partial charge on any atom is 0.148 e. The van der Waals surface area contributed by atoms with E-state index in [1.807, 2.05) is 11.6 Å². The summed E-state index contributed by atoms with van der Waals surface area (Å²) in [5, 5.41) is 8.10. The summed E-state index contributed by atoms with van der Waals surface area (Å²) in [4.78, 5) is 0. The molecule has 0 saturated heterocycles. The van der Waals surface area contributed by atoms with Gasteiger partial charge in [0.2, 0.25) is 0 Å². The molecule has 0 bridgehead atoms. The highest BCUT2D eigenvalue weighted by atomic mass is 15.3. The molecule has 0 amide bonds. The van der Waals surface area contributed by atoms with Gasteiger partial charge in [0.15, 0.2) is 0 Å². The standard InChI is InChI=1S/C15H30N4/c1-8-9-19-13(12(16)11(2)18-19)17-15(6,7)10-14(3,4)5/h17H,8-10,16H2,1-7H3. The molecule has 0 atom stereocenters. The Morgan fingerprint density at radius 2 is 1.79 bits per heavy atom. The Kier molecular flexibility index (Phi) is 4.54. The van der Waals surface area contributed by atoms with Crippen molar-refractivity contribution in [3.05, 3.63) is 5.69 Å². The Hall–Kier alpha value is -1.19. The third-order valence-corrected chi connectivity index (χ3v) is 3.04. The van der Waals surface area contributed by atoms with Crippen molar-refractivity contribution in [1.29, 1.82) is 0 Å². The lowest BCUT2D eigenvalue weighted by molar-refractivity contribution is 0.301. The van der Waals surface area contributed by atoms with E-state index < -0.39 is 0 Å². The third kappa shape index (κ3) is 4.44. The Morgan fingerprint density at radius 3 is 2.26 bits per heavy atom. The van der Waals surface area contributed by atoms with Crippen molar-refractivity contribution in [3.63, 3.8) is 0 Å². The molecule has 0 fully saturated rings. The topological polar surface area (TPSA) is 55.9 Å². The highest BCUT2D eigenvalue weighted by molar-refractivity contribution is 5.65. The number of nitrogen functional groups attached to an aromatic ring is 1. The molecule has 1 aromatic rings. The van der Waals surface area contributed by atoms with Crippen molar-refractivity contribution in [2.24, 2.45) is 5.41 Å². The molecular formula is C15H30N4. The molecule has 3 N–H and O–H groups in total. The number of rotatable bonds is 5. The molecule has 0 spiro atoms. The van der Waals surface area contributed by atoms with Crippen molar-refractivity contribution in [1.82, 2.24) is 9.78 Å². The van der Waals surface area contributed by atoms with Crippen LogP contribution in [0.3, 0.4) is 0 Å². The lowest BCUT2D eigenvalue weighted by Gasteiger charge is -2.34. The van der Waals surface area contributed by atoms with Crippen molar-refractivity contribution < 1.29 is 0 Å². The number of aryl methyl sites for hydroxylation is 2. The fourth-order valence-corrected chi connectivity index (χ4v) is 2.79. The molecule has 0 aliphatic rings. The van der Waals surface area contributed by atoms with Gasteiger partial charge in [0.05, 0.1) is 11.4 Å². The molecule has 19 heavy (non-hydrogen) atoms. The molecule has 1 heterocycles. The zero-order valence-corrected chi connectivity index (χ0v) is 13.6. The average molecular weight is 266 g/mol. The van der Waals surface area contributed by atoms with E-state index in [1.54, 1.807) is 0 Å². The van der Waals surface area contributed by atoms with Crippen LogP contribution in [0.2, 0.25) is 0 Å². The minimum Gasteiger partial charge on any atom is -0.394 e. The Morgan fingerprint density at radius 1 is 1.21 bits per heavy atom. The predicted octanol–water partition coefficient (Wildman–Crippen LogP) is 3.81. The van der Waals surface area contributed by atoms with Crippen molar-refractivity contribution in [3.8, 4) is 0 Å². The van der Waals surface area contributed by atoms with Gasteiger partial charge >= 0.3 is 0 Å². The van der Waals surface area contributed by atoms with Gasteiger partial charge in [0.25, 0.3) is 0 Å². The van der Waals surface area contributed by atoms with Crippen LogP contribution in [0.15, 0.2) is 0 Å². The van der Waals surface area contributed by atoms with Gasteiger partial charge in [0, 0.05) is 12.1 Å². The molecule has 110 valence electrons. The third-order valence-electron chi connectivity index (χ3n) is 3.04. The smallest absolute Gasteiger partial charge is 0.148 e. The summed E-state index contributed by atoms with van der Waals surface area (Å²) in [5.74, 6) is 0.966. The van der Waals surface area contributed by atoms with E-state index in [-0.39, 0.29) is 11.0 Å². The molecule has 4 heteroatoms. The van der Waals surface area contributed by atoms with Gasteiger partial charge in [-0.2, -0.15) is 5.10 Å². The molecule has 0 aliphatic heterocycles. The zero-order chi connectivity index (χ0) is 14.8. The van der Waals surface area contributed by atoms with Crippen LogP contribution < -0.4 is 11.1 Å². The van der Waals surface area contributed by atoms with Gasteiger partial charge < -0.3 is 11.1 Å². The number of aromatic nitrogens is 2. The van der Waals surface area contributed by atoms with Gasteiger partial charge in [-0.05, 0) is 39.0 Å². The van der Waals surface area contributed by atoms with E-state index >= 15 is 0 Å². The average Bonchev–Trinajstić information content (AvgIpc) is 2.42. The van der Waals surface area contributed by atoms with Crippen LogP contribution in [0.5, 0.6) is 0 Å². The number of nitrogens with one attached hydrogen (secondary N) is 1. The highest BCUT2D eigenvalue weighted by Crippen LogP contribution is 2.32. The number of anilines is 2. The molecule has 1 aromatic heterocycles. The Labute approximate surface area is 117 Å². The highest BCUT2D eigenvalue weighted by Gasteiger charge is 2.27. The van der Waals surface area contributed by atoms with Crippen LogP contribution in [0.1, 0.15) is 60.1 Å². The first-order valence-corrected chi connectivity index (χ1v) is 7.17. The van der Waals surface area contributed by atoms with Crippen LogP contribution in [0, 0.1) is 12.3 Å². The summed E-state index contributed by atoms with van der Waals surface area (Å²) >= 11 is 0. The zero-order valence-electron chi connectivity index (χ0n) is 13.6. The number of hydrogen-bond donors (Lipinski definition) is 2. The first-order chi connectivity index (χ1) is 8.56. The maximum absolute atomic E-state index is 6.16. The SMILES string of the molecule is CCCn1nc(C)c(N)c1NC(C)(C)CC(C)(C)C. The number of nitrogens with two attached hydrogens (primary N) is 1. The van der Waals surface area contributed by atoms with Gasteiger partial charge in [-0.3, -0.25) is 0 Å². The summed E-state index contributed by atoms with van der Waals surface area (Å²) in [6.07, 6.45) is 2.12. The fourth-order valence-electron chi connectivity index (χ4n) is 2.79. The summed E-state index contributed by atoms with van der Waals surface area (Å²) in [6, 6.07) is 0. The largest absolute Gasteiger partial charge is 0.394 e. The van der Waals surface area contributed by atoms with Crippen molar-refractivity contribution >= 4 is 11.5 Å². The van der Waals surface area contributed by atoms with Gasteiger partial charge in [-0.1, -0.05) is 27.7 Å². The fraction of sp³-hybridized carbons (Fsp3) is 0.800. The van der Waals surface area contributed by atoms with Crippen LogP contribution in [-0.4, -0.2) is 15.3 Å². The molecule has 0 aliphatic carbocycles. The second-order valence-electron chi connectivity index (χ2n) is 7.32. The van der Waals surface area contributed by atoms with Crippen LogP contribution in [0.25, 0.3) is 0 Å². The lowest BCUT2D eigenvalue weighted by atomic mass is 9.82. The minimum absolute atomic E-state index is 0.00959. The normalized spacial score (nSPS) is 12.8. The molecule has 1 rings (SSSR count). The van der Waals surface area contributed by atoms with Gasteiger partial charge in [-0.25, -0.2) is 4.68 Å². The predicted molar refractivity (Wildman–Crippen MR) is 83.4 cm³/mol. The Bertz CT molecular complexity index is 424. The quantitative estimate of drug-likeness (QED) is 0.852. The molecular weight excluding hydrogens is 236 g/mol. The first-order valence-electron chi connectivity index (χ1n) is 7.17. The lowest BCUT2D eigenvalue weighted by Crippen LogP contribution is -2.36. The number of hydrogen-bond acceptors (Lipinski definition) is 3. The summed E-state index contributed by atoms with van der Waals surface area (Å²) < 4.78 is 2.00. The van der Waals surface area contributed by atoms with Crippen molar-refractivity contribution in [2.45, 2.75) is 73.4 Å². The molecule has 0 saturated carbocycles. The second kappa shape index (κ2) is 5.43. The maximum atomic E-state index is 6.16. The summed E-state index contributed by atoms with van der Waals surface area (Å²) in [5.41, 5.74) is 8.10. The van der Waals surface area contributed by atoms with E-state index in [0.717, 1.165) is 36.6 Å². The number of nitrogens with zero attached hydrogens (tertiary/aromatic N) is 2. The van der Waals surface area contributed by atoms with E-state index in [1.165, 1.54) is 0 Å². The van der Waals surface area contributed by atoms with E-state index in [0.29, 0.717) is 0 Å². The molecule has 4 nitrogen and oxygen atoms in total. The van der Waals surface area contributed by atoms with Crippen LogP contribution >= 0.6 is 0 Å². The van der Waals surface area contributed by atoms with Crippen LogP contribution in [-0.2, 0) is 6.54 Å². The second-order valence-corrected chi connectivity index (χ2v) is 7.32. The molecule has 0 aromatic carbocycles. The van der Waals surface area contributed by atoms with Gasteiger partial charge in [-0.15, -0.1) is 0 Å². The van der Waals surface area contributed by atoms with E-state index in [2.05, 4.69) is 52.0 Å². The van der Waals surface area contributed by atoms with E-state index in [4.69, 9.17) is 5.73 Å². The Balaban J connectivity index is 2.97. The first kappa shape index (κ1) is 15.9. The molecule has 0 unspecified atom stereocenters. The van der Waals surface area contributed by atoms with E-state index in [9.17, 15) is 0 Å². The van der Waals surface area contributed by atoms with Crippen LogP contribution in [0.4, 0.5) is 11.5 Å².